The first-order valence-corrected chi connectivity index (χ1v) is 6.34. The van der Waals surface area contributed by atoms with Gasteiger partial charge in [-0.25, -0.2) is 4.98 Å². The van der Waals surface area contributed by atoms with E-state index in [4.69, 9.17) is 5.26 Å². The summed E-state index contributed by atoms with van der Waals surface area (Å²) in [5, 5.41) is 12.3. The number of hydrogen-bond donors (Lipinski definition) is 1. The fourth-order valence-electron chi connectivity index (χ4n) is 2.10. The minimum atomic E-state index is 0.278. The molecule has 2 aromatic rings. The molecule has 1 aromatic carbocycles. The maximum absolute atomic E-state index is 8.82. The Morgan fingerprint density at radius 3 is 2.84 bits per heavy atom. The van der Waals surface area contributed by atoms with Crippen molar-refractivity contribution in [3.05, 3.63) is 65.0 Å². The third-order valence-corrected chi connectivity index (χ3v) is 3.21. The normalized spacial score (nSPS) is 11.8. The van der Waals surface area contributed by atoms with E-state index in [1.807, 2.05) is 18.2 Å². The van der Waals surface area contributed by atoms with Crippen molar-refractivity contribution in [2.24, 2.45) is 0 Å². The highest BCUT2D eigenvalue weighted by Gasteiger charge is 2.07. The van der Waals surface area contributed by atoms with Crippen molar-refractivity contribution in [3.63, 3.8) is 0 Å². The highest BCUT2D eigenvalue weighted by molar-refractivity contribution is 5.29. The predicted molar refractivity (Wildman–Crippen MR) is 75.4 cm³/mol. The Labute approximate surface area is 113 Å². The Morgan fingerprint density at radius 2 is 2.11 bits per heavy atom. The van der Waals surface area contributed by atoms with Crippen molar-refractivity contribution in [1.29, 1.82) is 5.26 Å². The van der Waals surface area contributed by atoms with Crippen LogP contribution in [0, 0.1) is 18.3 Å². The summed E-state index contributed by atoms with van der Waals surface area (Å²) in [5.74, 6) is 0. The molecule has 1 N–H and O–H groups in total. The molecule has 3 heteroatoms. The van der Waals surface area contributed by atoms with E-state index in [2.05, 4.69) is 48.4 Å². The molecule has 19 heavy (non-hydrogen) atoms. The van der Waals surface area contributed by atoms with Crippen LogP contribution < -0.4 is 5.32 Å². The first-order chi connectivity index (χ1) is 9.20. The van der Waals surface area contributed by atoms with Crippen molar-refractivity contribution in [1.82, 2.24) is 10.3 Å². The van der Waals surface area contributed by atoms with E-state index in [0.29, 0.717) is 5.69 Å². The van der Waals surface area contributed by atoms with E-state index in [-0.39, 0.29) is 6.04 Å². The number of pyridine rings is 1. The van der Waals surface area contributed by atoms with E-state index in [1.165, 1.54) is 11.1 Å². The molecule has 0 amide bonds. The van der Waals surface area contributed by atoms with Crippen LogP contribution in [0.4, 0.5) is 0 Å². The van der Waals surface area contributed by atoms with E-state index >= 15 is 0 Å². The van der Waals surface area contributed by atoms with Gasteiger partial charge < -0.3 is 5.32 Å². The number of nitrogens with one attached hydrogen (secondary N) is 1. The second-order valence-electron chi connectivity index (χ2n) is 4.62. The Hall–Kier alpha value is -2.18. The standard InChI is InChI=1S/C16H17N3/c1-12-5-3-4-6-16(12)13(2)19-11-14-7-8-18-15(9-14)10-17/h3-9,13,19H,11H2,1-2H3/t13-/m0/s1. The van der Waals surface area contributed by atoms with Crippen molar-refractivity contribution in [2.45, 2.75) is 26.4 Å². The molecule has 3 nitrogen and oxygen atoms in total. The summed E-state index contributed by atoms with van der Waals surface area (Å²) in [7, 11) is 0. The van der Waals surface area contributed by atoms with Gasteiger partial charge in [0.25, 0.3) is 0 Å². The number of benzene rings is 1. The highest BCUT2D eigenvalue weighted by atomic mass is 14.9. The SMILES string of the molecule is Cc1ccccc1[C@H](C)NCc1ccnc(C#N)c1. The van der Waals surface area contributed by atoms with Crippen LogP contribution in [0.5, 0.6) is 0 Å². The van der Waals surface area contributed by atoms with Crippen LogP contribution in [0.3, 0.4) is 0 Å². The van der Waals surface area contributed by atoms with Gasteiger partial charge in [-0.3, -0.25) is 0 Å². The highest BCUT2D eigenvalue weighted by Crippen LogP contribution is 2.17. The lowest BCUT2D eigenvalue weighted by Crippen LogP contribution is -2.19. The van der Waals surface area contributed by atoms with Gasteiger partial charge in [0.05, 0.1) is 0 Å². The van der Waals surface area contributed by atoms with Crippen LogP contribution in [0.2, 0.25) is 0 Å². The van der Waals surface area contributed by atoms with Gasteiger partial charge >= 0.3 is 0 Å². The monoisotopic (exact) mass is 251 g/mol. The van der Waals surface area contributed by atoms with Gasteiger partial charge in [-0.05, 0) is 42.7 Å². The summed E-state index contributed by atoms with van der Waals surface area (Å²) >= 11 is 0. The molecule has 0 bridgehead atoms. The molecule has 1 heterocycles. The number of nitrogens with zero attached hydrogens (tertiary/aromatic N) is 2. The van der Waals surface area contributed by atoms with Crippen LogP contribution >= 0.6 is 0 Å². The van der Waals surface area contributed by atoms with Crippen molar-refractivity contribution in [2.75, 3.05) is 0 Å². The molecule has 0 saturated heterocycles. The largest absolute Gasteiger partial charge is 0.306 e. The third-order valence-electron chi connectivity index (χ3n) is 3.21. The second-order valence-corrected chi connectivity index (χ2v) is 4.62. The Kier molecular flexibility index (Phi) is 4.27. The first-order valence-electron chi connectivity index (χ1n) is 6.34. The molecule has 1 atom stereocenters. The maximum Gasteiger partial charge on any atom is 0.140 e. The zero-order valence-electron chi connectivity index (χ0n) is 11.2. The third kappa shape index (κ3) is 3.40. The molecule has 1 aromatic heterocycles. The molecule has 0 aliphatic heterocycles. The van der Waals surface area contributed by atoms with Crippen LogP contribution in [0.1, 0.15) is 35.3 Å². The number of nitriles is 1. The molecule has 0 aliphatic rings. The average Bonchev–Trinajstić information content (AvgIpc) is 2.45. The number of aromatic nitrogens is 1. The number of hydrogen-bond acceptors (Lipinski definition) is 3. The van der Waals surface area contributed by atoms with Crippen LogP contribution in [-0.4, -0.2) is 4.98 Å². The van der Waals surface area contributed by atoms with E-state index < -0.39 is 0 Å². The predicted octanol–water partition coefficient (Wildman–Crippen LogP) is 3.11. The topological polar surface area (TPSA) is 48.7 Å². The van der Waals surface area contributed by atoms with E-state index in [1.54, 1.807) is 6.20 Å². The van der Waals surface area contributed by atoms with Gasteiger partial charge in [0.15, 0.2) is 0 Å². The summed E-state index contributed by atoms with van der Waals surface area (Å²) in [5.41, 5.74) is 4.13. The quantitative estimate of drug-likeness (QED) is 0.908. The zero-order chi connectivity index (χ0) is 13.7. The van der Waals surface area contributed by atoms with Crippen molar-refractivity contribution >= 4 is 0 Å². The van der Waals surface area contributed by atoms with Gasteiger partial charge in [0.1, 0.15) is 11.8 Å². The van der Waals surface area contributed by atoms with Gasteiger partial charge in [0.2, 0.25) is 0 Å². The van der Waals surface area contributed by atoms with E-state index in [9.17, 15) is 0 Å². The number of rotatable bonds is 4. The zero-order valence-corrected chi connectivity index (χ0v) is 11.2. The molecule has 0 spiro atoms. The lowest BCUT2D eigenvalue weighted by atomic mass is 10.0. The molecule has 96 valence electrons. The van der Waals surface area contributed by atoms with E-state index in [0.717, 1.165) is 12.1 Å². The van der Waals surface area contributed by atoms with Gasteiger partial charge in [-0.2, -0.15) is 5.26 Å². The summed E-state index contributed by atoms with van der Waals surface area (Å²) in [4.78, 5) is 3.97. The minimum absolute atomic E-state index is 0.278. The fraction of sp³-hybridized carbons (Fsp3) is 0.250. The Bertz CT molecular complexity index is 599. The lowest BCUT2D eigenvalue weighted by molar-refractivity contribution is 0.572. The second kappa shape index (κ2) is 6.12. The van der Waals surface area contributed by atoms with Gasteiger partial charge in [-0.1, -0.05) is 24.3 Å². The van der Waals surface area contributed by atoms with Crippen molar-refractivity contribution in [3.8, 4) is 6.07 Å². The van der Waals surface area contributed by atoms with Gasteiger partial charge in [0, 0.05) is 18.8 Å². The fourth-order valence-corrected chi connectivity index (χ4v) is 2.10. The molecular formula is C16H17N3. The molecule has 0 saturated carbocycles. The average molecular weight is 251 g/mol. The number of aryl methyl sites for hydroxylation is 1. The molecule has 0 fully saturated rings. The van der Waals surface area contributed by atoms with Crippen molar-refractivity contribution < 1.29 is 0 Å². The van der Waals surface area contributed by atoms with Crippen LogP contribution in [0.15, 0.2) is 42.6 Å². The molecule has 2 rings (SSSR count). The summed E-state index contributed by atoms with van der Waals surface area (Å²) in [6.07, 6.45) is 1.67. The molecule has 0 unspecified atom stereocenters. The summed E-state index contributed by atoms with van der Waals surface area (Å²) in [6.45, 7) is 5.00. The molecular weight excluding hydrogens is 234 g/mol. The van der Waals surface area contributed by atoms with Gasteiger partial charge in [-0.15, -0.1) is 0 Å². The summed E-state index contributed by atoms with van der Waals surface area (Å²) in [6, 6.07) is 14.4. The first kappa shape index (κ1) is 13.3. The molecule has 0 radical (unpaired) electrons. The van der Waals surface area contributed by atoms with Crippen LogP contribution in [0.25, 0.3) is 0 Å². The van der Waals surface area contributed by atoms with Crippen LogP contribution in [-0.2, 0) is 6.54 Å². The molecule has 0 aliphatic carbocycles. The maximum atomic E-state index is 8.82. The minimum Gasteiger partial charge on any atom is -0.306 e. The smallest absolute Gasteiger partial charge is 0.140 e. The Balaban J connectivity index is 2.03. The lowest BCUT2D eigenvalue weighted by Gasteiger charge is -2.16. The summed E-state index contributed by atoms with van der Waals surface area (Å²) < 4.78 is 0. The Morgan fingerprint density at radius 1 is 1.32 bits per heavy atom.